The molecule has 134 valence electrons. The van der Waals surface area contributed by atoms with Crippen molar-refractivity contribution in [3.05, 3.63) is 30.1 Å². The van der Waals surface area contributed by atoms with Crippen molar-refractivity contribution in [2.75, 3.05) is 14.2 Å². The van der Waals surface area contributed by atoms with E-state index in [2.05, 4.69) is 22.4 Å². The Bertz CT molecular complexity index is 716. The smallest absolute Gasteiger partial charge is 0.253 e. The van der Waals surface area contributed by atoms with E-state index in [0.717, 1.165) is 12.8 Å². The highest BCUT2D eigenvalue weighted by Gasteiger charge is 2.30. The van der Waals surface area contributed by atoms with Crippen LogP contribution in [0.25, 0.3) is 5.69 Å². The van der Waals surface area contributed by atoms with Crippen molar-refractivity contribution in [2.45, 2.75) is 45.1 Å². The summed E-state index contributed by atoms with van der Waals surface area (Å²) in [6.07, 6.45) is 7.35. The molecule has 0 aliphatic heterocycles. The van der Waals surface area contributed by atoms with Crippen LogP contribution in [0.3, 0.4) is 0 Å². The Balaban J connectivity index is 1.88. The molecule has 0 bridgehead atoms. The molecule has 1 aliphatic rings. The minimum Gasteiger partial charge on any atom is -0.494 e. The minimum absolute atomic E-state index is 0.0299. The molecule has 0 N–H and O–H groups in total. The maximum atomic E-state index is 13.1. The maximum absolute atomic E-state index is 13.1. The first-order chi connectivity index (χ1) is 12.2. The third-order valence-electron chi connectivity index (χ3n) is 5.23. The third kappa shape index (κ3) is 3.50. The first kappa shape index (κ1) is 17.4. The van der Waals surface area contributed by atoms with Crippen molar-refractivity contribution in [1.29, 1.82) is 0 Å². The first-order valence-electron chi connectivity index (χ1n) is 8.84. The average Bonchev–Trinajstić information content (AvgIpc) is 3.20. The number of methoxy groups -OCH3 is 1. The Hall–Kier alpha value is -2.44. The summed E-state index contributed by atoms with van der Waals surface area (Å²) in [7, 11) is 3.51. The van der Waals surface area contributed by atoms with E-state index >= 15 is 0 Å². The summed E-state index contributed by atoms with van der Waals surface area (Å²) in [5, 5.41) is 11.2. The number of carbonyl (C=O) groups is 1. The number of tetrazole rings is 1. The molecule has 0 unspecified atom stereocenters. The Morgan fingerprint density at radius 2 is 2.16 bits per heavy atom. The monoisotopic (exact) mass is 343 g/mol. The van der Waals surface area contributed by atoms with Gasteiger partial charge in [0.1, 0.15) is 17.8 Å². The summed E-state index contributed by atoms with van der Waals surface area (Å²) in [5.41, 5.74) is 1.27. The zero-order valence-corrected chi connectivity index (χ0v) is 15.1. The number of benzene rings is 1. The van der Waals surface area contributed by atoms with Crippen molar-refractivity contribution in [2.24, 2.45) is 5.92 Å². The molecule has 0 spiro atoms. The molecular formula is C18H25N5O2. The van der Waals surface area contributed by atoms with Gasteiger partial charge in [0.05, 0.1) is 7.11 Å². The second-order valence-corrected chi connectivity index (χ2v) is 6.58. The molecule has 1 heterocycles. The number of amides is 1. The van der Waals surface area contributed by atoms with Crippen molar-refractivity contribution in [3.8, 4) is 11.4 Å². The van der Waals surface area contributed by atoms with Crippen LogP contribution in [0.2, 0.25) is 0 Å². The van der Waals surface area contributed by atoms with Crippen LogP contribution in [0.5, 0.6) is 5.75 Å². The minimum atomic E-state index is 0.0299. The SMILES string of the molecule is CC[C@@H]1CCCC[C@@H]1N(C)C(=O)c1ccc(OC)c(-n2cnnn2)c1. The van der Waals surface area contributed by atoms with Crippen LogP contribution in [0, 0.1) is 5.92 Å². The fourth-order valence-corrected chi connectivity index (χ4v) is 3.80. The summed E-state index contributed by atoms with van der Waals surface area (Å²) >= 11 is 0. The van der Waals surface area contributed by atoms with Gasteiger partial charge in [-0.05, 0) is 47.4 Å². The normalized spacial score (nSPS) is 20.3. The van der Waals surface area contributed by atoms with Gasteiger partial charge in [-0.1, -0.05) is 26.2 Å². The van der Waals surface area contributed by atoms with Gasteiger partial charge >= 0.3 is 0 Å². The number of rotatable bonds is 5. The van der Waals surface area contributed by atoms with Gasteiger partial charge < -0.3 is 9.64 Å². The predicted octanol–water partition coefficient (Wildman–Crippen LogP) is 2.71. The zero-order valence-electron chi connectivity index (χ0n) is 15.1. The van der Waals surface area contributed by atoms with Crippen molar-refractivity contribution < 1.29 is 9.53 Å². The highest BCUT2D eigenvalue weighted by atomic mass is 16.5. The second kappa shape index (κ2) is 7.63. The van der Waals surface area contributed by atoms with Crippen LogP contribution >= 0.6 is 0 Å². The van der Waals surface area contributed by atoms with E-state index in [1.54, 1.807) is 25.3 Å². The maximum Gasteiger partial charge on any atom is 0.253 e. The fourth-order valence-electron chi connectivity index (χ4n) is 3.80. The lowest BCUT2D eigenvalue weighted by Crippen LogP contribution is -2.43. The van der Waals surface area contributed by atoms with E-state index in [4.69, 9.17) is 4.74 Å². The van der Waals surface area contributed by atoms with Gasteiger partial charge in [0, 0.05) is 18.7 Å². The van der Waals surface area contributed by atoms with E-state index in [1.165, 1.54) is 30.3 Å². The molecule has 2 aromatic rings. The molecule has 1 aromatic carbocycles. The van der Waals surface area contributed by atoms with Crippen LogP contribution in [0.1, 0.15) is 49.4 Å². The number of aromatic nitrogens is 4. The molecule has 1 aliphatic carbocycles. The zero-order chi connectivity index (χ0) is 17.8. The summed E-state index contributed by atoms with van der Waals surface area (Å²) in [4.78, 5) is 15.0. The number of ether oxygens (including phenoxy) is 1. The Morgan fingerprint density at radius 3 is 2.84 bits per heavy atom. The molecule has 7 nitrogen and oxygen atoms in total. The lowest BCUT2D eigenvalue weighted by atomic mass is 9.82. The van der Waals surface area contributed by atoms with Gasteiger partial charge in [0.25, 0.3) is 5.91 Å². The largest absolute Gasteiger partial charge is 0.494 e. The molecule has 3 rings (SSSR count). The lowest BCUT2D eigenvalue weighted by Gasteiger charge is -2.37. The molecule has 25 heavy (non-hydrogen) atoms. The molecule has 2 atom stereocenters. The highest BCUT2D eigenvalue weighted by Crippen LogP contribution is 2.31. The topological polar surface area (TPSA) is 73.1 Å². The highest BCUT2D eigenvalue weighted by molar-refractivity contribution is 5.95. The number of hydrogen-bond donors (Lipinski definition) is 0. The van der Waals surface area contributed by atoms with Gasteiger partial charge in [-0.15, -0.1) is 5.10 Å². The van der Waals surface area contributed by atoms with Crippen LogP contribution in [-0.4, -0.2) is 51.2 Å². The van der Waals surface area contributed by atoms with Crippen LogP contribution in [0.15, 0.2) is 24.5 Å². The number of hydrogen-bond acceptors (Lipinski definition) is 5. The number of carbonyl (C=O) groups excluding carboxylic acids is 1. The van der Waals surface area contributed by atoms with Gasteiger partial charge in [0.2, 0.25) is 0 Å². The van der Waals surface area contributed by atoms with Gasteiger partial charge in [0.15, 0.2) is 0 Å². The standard InChI is InChI=1S/C18H25N5O2/c1-4-13-7-5-6-8-15(13)22(2)18(24)14-9-10-17(25-3)16(11-14)23-12-19-20-21-23/h9-13,15H,4-8H2,1-3H3/t13-,15+/m1/s1. The lowest BCUT2D eigenvalue weighted by molar-refractivity contribution is 0.0608. The molecule has 1 aromatic heterocycles. The summed E-state index contributed by atoms with van der Waals surface area (Å²) in [6.45, 7) is 2.21. The van der Waals surface area contributed by atoms with E-state index in [0.29, 0.717) is 29.0 Å². The third-order valence-corrected chi connectivity index (χ3v) is 5.23. The molecule has 1 amide bonds. The molecule has 0 saturated heterocycles. The van der Waals surface area contributed by atoms with Crippen molar-refractivity contribution >= 4 is 5.91 Å². The molecule has 7 heteroatoms. The van der Waals surface area contributed by atoms with Gasteiger partial charge in [-0.25, -0.2) is 0 Å². The first-order valence-corrected chi connectivity index (χ1v) is 8.84. The van der Waals surface area contributed by atoms with Crippen molar-refractivity contribution in [3.63, 3.8) is 0 Å². The van der Waals surface area contributed by atoms with Crippen molar-refractivity contribution in [1.82, 2.24) is 25.1 Å². The van der Waals surface area contributed by atoms with E-state index < -0.39 is 0 Å². The fraction of sp³-hybridized carbons (Fsp3) is 0.556. The average molecular weight is 343 g/mol. The Kier molecular flexibility index (Phi) is 5.31. The van der Waals surface area contributed by atoms with Crippen LogP contribution in [0.4, 0.5) is 0 Å². The summed E-state index contributed by atoms with van der Waals surface area (Å²) in [5.74, 6) is 1.23. The summed E-state index contributed by atoms with van der Waals surface area (Å²) in [6, 6.07) is 5.69. The quantitative estimate of drug-likeness (QED) is 0.834. The second-order valence-electron chi connectivity index (χ2n) is 6.58. The predicted molar refractivity (Wildman–Crippen MR) is 93.8 cm³/mol. The van der Waals surface area contributed by atoms with Gasteiger partial charge in [-0.2, -0.15) is 4.68 Å². The Morgan fingerprint density at radius 1 is 1.36 bits per heavy atom. The van der Waals surface area contributed by atoms with Crippen LogP contribution < -0.4 is 4.74 Å². The molecule has 1 saturated carbocycles. The molecular weight excluding hydrogens is 318 g/mol. The van der Waals surface area contributed by atoms with E-state index in [9.17, 15) is 4.79 Å². The summed E-state index contributed by atoms with van der Waals surface area (Å²) < 4.78 is 6.88. The molecule has 1 fully saturated rings. The van der Waals surface area contributed by atoms with Crippen LogP contribution in [-0.2, 0) is 0 Å². The van der Waals surface area contributed by atoms with E-state index in [1.807, 2.05) is 11.9 Å². The Labute approximate surface area is 148 Å². The number of nitrogens with zero attached hydrogens (tertiary/aromatic N) is 5. The molecule has 0 radical (unpaired) electrons. The van der Waals surface area contributed by atoms with Gasteiger partial charge in [-0.3, -0.25) is 4.79 Å². The van der Waals surface area contributed by atoms with E-state index in [-0.39, 0.29) is 5.91 Å².